The molecule has 0 fully saturated rings. The van der Waals surface area contributed by atoms with Gasteiger partial charge in [0.1, 0.15) is 0 Å². The molecule has 0 spiro atoms. The van der Waals surface area contributed by atoms with E-state index in [9.17, 15) is 18.5 Å². The van der Waals surface area contributed by atoms with E-state index in [1.54, 1.807) is 12.1 Å². The molecule has 0 unspecified atom stereocenters. The van der Waals surface area contributed by atoms with Crippen molar-refractivity contribution in [3.05, 3.63) is 39.9 Å². The van der Waals surface area contributed by atoms with E-state index in [0.717, 1.165) is 12.0 Å². The fraction of sp³-hybridized carbons (Fsp3) is 0.455. The van der Waals surface area contributed by atoms with E-state index in [-0.39, 0.29) is 11.5 Å². The molecular formula is C11H18N2O6S. The average Bonchev–Trinajstić information content (AvgIpc) is 2.35. The summed E-state index contributed by atoms with van der Waals surface area (Å²) in [5.74, 6) is 0. The van der Waals surface area contributed by atoms with Crippen molar-refractivity contribution >= 4 is 10.1 Å². The Hall–Kier alpha value is -1.71. The number of nitrogens with two attached hydrogens (primary N) is 1. The molecule has 0 aliphatic rings. The first-order valence-electron chi connectivity index (χ1n) is 5.79. The number of nitrogens with zero attached hydrogens (tertiary/aromatic N) is 1. The second-order valence-corrected chi connectivity index (χ2v) is 5.26. The minimum absolute atomic E-state index is 0.0666. The molecule has 0 aliphatic heterocycles. The number of benzene rings is 1. The van der Waals surface area contributed by atoms with Crippen LogP contribution >= 0.6 is 0 Å². The summed E-state index contributed by atoms with van der Waals surface area (Å²) in [4.78, 5) is 13.5. The number of hydrogen-bond acceptors (Lipinski definition) is 6. The molecular weight excluding hydrogens is 288 g/mol. The number of rotatable bonds is 6. The number of aryl methyl sites for hydroxylation is 1. The van der Waals surface area contributed by atoms with Crippen LogP contribution in [0.15, 0.2) is 29.2 Å². The van der Waals surface area contributed by atoms with Gasteiger partial charge in [0.25, 0.3) is 15.2 Å². The Bertz CT molecular complexity index is 500. The summed E-state index contributed by atoms with van der Waals surface area (Å²) in [6, 6.07) is 5.99. The highest BCUT2D eigenvalue weighted by molar-refractivity contribution is 7.85. The van der Waals surface area contributed by atoms with Crippen LogP contribution in [0.1, 0.15) is 18.4 Å². The van der Waals surface area contributed by atoms with Crippen molar-refractivity contribution in [2.24, 2.45) is 5.73 Å². The van der Waals surface area contributed by atoms with Gasteiger partial charge in [-0.15, -0.1) is 10.1 Å². The van der Waals surface area contributed by atoms with Crippen molar-refractivity contribution in [3.63, 3.8) is 0 Å². The van der Waals surface area contributed by atoms with Gasteiger partial charge in [-0.3, -0.25) is 4.55 Å². The molecule has 0 radical (unpaired) electrons. The predicted octanol–water partition coefficient (Wildman–Crippen LogP) is 1.18. The van der Waals surface area contributed by atoms with Crippen LogP contribution in [0.3, 0.4) is 0 Å². The highest BCUT2D eigenvalue weighted by Crippen LogP contribution is 2.08. The molecule has 1 rings (SSSR count). The molecule has 20 heavy (non-hydrogen) atoms. The van der Waals surface area contributed by atoms with Crippen LogP contribution in [0.5, 0.6) is 0 Å². The first-order chi connectivity index (χ1) is 9.27. The van der Waals surface area contributed by atoms with Crippen molar-refractivity contribution in [3.8, 4) is 0 Å². The maximum Gasteiger partial charge on any atom is 0.294 e. The van der Waals surface area contributed by atoms with Crippen LogP contribution in [-0.2, 0) is 15.0 Å². The standard InChI is InChI=1S/C7H8O3S.C4H10N2O3/c1-6-2-4-7(5-3-6)11(8,9)10;5-3-1-2-4-9-6(7)8/h2-5H,1H3,(H,8,9,10);1-5H2. The van der Waals surface area contributed by atoms with Gasteiger partial charge in [-0.05, 0) is 38.4 Å². The number of unbranched alkanes of at least 4 members (excludes halogenated alkanes) is 1. The Morgan fingerprint density at radius 3 is 2.25 bits per heavy atom. The Balaban J connectivity index is 0.000000370. The van der Waals surface area contributed by atoms with Crippen LogP contribution < -0.4 is 5.73 Å². The molecule has 0 saturated carbocycles. The van der Waals surface area contributed by atoms with Crippen LogP contribution in [0.2, 0.25) is 0 Å². The van der Waals surface area contributed by atoms with Crippen LogP contribution in [-0.4, -0.2) is 31.2 Å². The molecule has 0 aromatic heterocycles. The molecule has 0 amide bonds. The van der Waals surface area contributed by atoms with Crippen LogP contribution in [0, 0.1) is 17.0 Å². The van der Waals surface area contributed by atoms with Gasteiger partial charge in [-0.2, -0.15) is 8.42 Å². The Labute approximate surface area is 117 Å². The van der Waals surface area contributed by atoms with Gasteiger partial charge in [0, 0.05) is 0 Å². The van der Waals surface area contributed by atoms with Gasteiger partial charge in [-0.25, -0.2) is 0 Å². The van der Waals surface area contributed by atoms with Crippen molar-refractivity contribution in [1.82, 2.24) is 0 Å². The summed E-state index contributed by atoms with van der Waals surface area (Å²) in [7, 11) is -4.02. The highest BCUT2D eigenvalue weighted by atomic mass is 32.2. The fourth-order valence-electron chi connectivity index (χ4n) is 1.10. The average molecular weight is 306 g/mol. The van der Waals surface area contributed by atoms with Gasteiger partial charge in [-0.1, -0.05) is 17.7 Å². The molecule has 0 aliphatic carbocycles. The molecule has 1 aromatic carbocycles. The molecule has 114 valence electrons. The maximum atomic E-state index is 10.5. The van der Waals surface area contributed by atoms with Crippen molar-refractivity contribution in [2.75, 3.05) is 13.2 Å². The molecule has 9 heteroatoms. The van der Waals surface area contributed by atoms with Crippen molar-refractivity contribution < 1.29 is 22.9 Å². The summed E-state index contributed by atoms with van der Waals surface area (Å²) in [5, 5.41) is 8.72. The Morgan fingerprint density at radius 2 is 1.85 bits per heavy atom. The van der Waals surface area contributed by atoms with Gasteiger partial charge in [0.05, 0.1) is 11.5 Å². The minimum atomic E-state index is -4.02. The Morgan fingerprint density at radius 1 is 1.30 bits per heavy atom. The maximum absolute atomic E-state index is 10.5. The third-order valence-corrected chi connectivity index (χ3v) is 2.98. The van der Waals surface area contributed by atoms with E-state index in [1.165, 1.54) is 12.1 Å². The molecule has 0 bridgehead atoms. The summed E-state index contributed by atoms with van der Waals surface area (Å²) in [6.07, 6.45) is 1.42. The molecule has 0 saturated heterocycles. The first kappa shape index (κ1) is 18.3. The lowest BCUT2D eigenvalue weighted by atomic mass is 10.2. The van der Waals surface area contributed by atoms with Crippen LogP contribution in [0.4, 0.5) is 0 Å². The van der Waals surface area contributed by atoms with E-state index in [1.807, 2.05) is 6.92 Å². The SMILES string of the molecule is Cc1ccc(S(=O)(=O)O)cc1.NCCCCO[N+](=O)[O-]. The quantitative estimate of drug-likeness (QED) is 0.349. The molecule has 0 atom stereocenters. The lowest BCUT2D eigenvalue weighted by Crippen LogP contribution is -2.05. The van der Waals surface area contributed by atoms with Gasteiger partial charge in [0.2, 0.25) is 0 Å². The van der Waals surface area contributed by atoms with E-state index < -0.39 is 15.2 Å². The summed E-state index contributed by atoms with van der Waals surface area (Å²) in [6.45, 7) is 2.55. The van der Waals surface area contributed by atoms with Crippen LogP contribution in [0.25, 0.3) is 0 Å². The smallest absolute Gasteiger partial charge is 0.294 e. The summed E-state index contributed by atoms with van der Waals surface area (Å²) in [5.41, 5.74) is 6.08. The van der Waals surface area contributed by atoms with E-state index in [0.29, 0.717) is 13.0 Å². The lowest BCUT2D eigenvalue weighted by molar-refractivity contribution is -0.757. The summed E-state index contributed by atoms with van der Waals surface area (Å²) >= 11 is 0. The number of hydrogen-bond donors (Lipinski definition) is 2. The molecule has 1 aromatic rings. The fourth-order valence-corrected chi connectivity index (χ4v) is 1.58. The largest absolute Gasteiger partial charge is 0.330 e. The third kappa shape index (κ3) is 9.25. The highest BCUT2D eigenvalue weighted by Gasteiger charge is 2.06. The van der Waals surface area contributed by atoms with Crippen molar-refractivity contribution in [1.29, 1.82) is 0 Å². The monoisotopic (exact) mass is 306 g/mol. The Kier molecular flexibility index (Phi) is 8.45. The lowest BCUT2D eigenvalue weighted by Gasteiger charge is -1.95. The molecule has 3 N–H and O–H groups in total. The van der Waals surface area contributed by atoms with Gasteiger partial charge < -0.3 is 10.6 Å². The third-order valence-electron chi connectivity index (χ3n) is 2.11. The minimum Gasteiger partial charge on any atom is -0.330 e. The second-order valence-electron chi connectivity index (χ2n) is 3.84. The summed E-state index contributed by atoms with van der Waals surface area (Å²) < 4.78 is 29.6. The topological polar surface area (TPSA) is 133 Å². The van der Waals surface area contributed by atoms with Gasteiger partial charge in [0.15, 0.2) is 0 Å². The zero-order valence-electron chi connectivity index (χ0n) is 11.1. The second kappa shape index (κ2) is 9.23. The zero-order chi connectivity index (χ0) is 15.6. The molecule has 0 heterocycles. The van der Waals surface area contributed by atoms with E-state index >= 15 is 0 Å². The van der Waals surface area contributed by atoms with E-state index in [4.69, 9.17) is 10.3 Å². The van der Waals surface area contributed by atoms with Crippen molar-refractivity contribution in [2.45, 2.75) is 24.7 Å². The normalized spacial score (nSPS) is 10.3. The first-order valence-corrected chi connectivity index (χ1v) is 7.23. The zero-order valence-corrected chi connectivity index (χ0v) is 11.9. The van der Waals surface area contributed by atoms with E-state index in [2.05, 4.69) is 4.84 Å². The predicted molar refractivity (Wildman–Crippen MR) is 72.2 cm³/mol. The van der Waals surface area contributed by atoms with Gasteiger partial charge >= 0.3 is 0 Å². The molecule has 8 nitrogen and oxygen atoms in total.